The van der Waals surface area contributed by atoms with E-state index in [1.807, 2.05) is 0 Å². The van der Waals surface area contributed by atoms with Crippen LogP contribution >= 0.6 is 0 Å². The fourth-order valence-corrected chi connectivity index (χ4v) is 1.62. The van der Waals surface area contributed by atoms with Crippen LogP contribution < -0.4 is 5.32 Å². The quantitative estimate of drug-likeness (QED) is 0.721. The van der Waals surface area contributed by atoms with Crippen molar-refractivity contribution in [3.8, 4) is 0 Å². The third kappa shape index (κ3) is 3.52. The van der Waals surface area contributed by atoms with E-state index in [2.05, 4.69) is 56.9 Å². The molecule has 0 fully saturated rings. The van der Waals surface area contributed by atoms with Crippen molar-refractivity contribution in [1.82, 2.24) is 5.32 Å². The van der Waals surface area contributed by atoms with Crippen molar-refractivity contribution < 1.29 is 0 Å². The minimum atomic E-state index is 0.297. The Labute approximate surface area is 93.2 Å². The molecule has 0 heterocycles. The van der Waals surface area contributed by atoms with Gasteiger partial charge in [-0.1, -0.05) is 48.9 Å². The van der Waals surface area contributed by atoms with Crippen molar-refractivity contribution >= 4 is 0 Å². The normalized spacial score (nSPS) is 12.5. The summed E-state index contributed by atoms with van der Waals surface area (Å²) in [6, 6.07) is 8.96. The summed E-state index contributed by atoms with van der Waals surface area (Å²) in [6.45, 7) is 11.4. The van der Waals surface area contributed by atoms with Crippen molar-refractivity contribution in [2.45, 2.75) is 33.2 Å². The maximum absolute atomic E-state index is 4.04. The molecule has 1 aromatic rings. The summed E-state index contributed by atoms with van der Waals surface area (Å²) in [5.41, 5.74) is 3.78. The summed E-state index contributed by atoms with van der Waals surface area (Å²) < 4.78 is 0. The van der Waals surface area contributed by atoms with Crippen LogP contribution in [0.25, 0.3) is 0 Å². The maximum Gasteiger partial charge on any atom is 0.0530 e. The van der Waals surface area contributed by atoms with Gasteiger partial charge in [0.25, 0.3) is 0 Å². The Morgan fingerprint density at radius 1 is 1.33 bits per heavy atom. The molecular formula is C14H21N. The molecule has 1 aromatic carbocycles. The molecule has 0 amide bonds. The molecule has 0 spiro atoms. The highest BCUT2D eigenvalue weighted by molar-refractivity contribution is 5.29. The second-order valence-corrected chi connectivity index (χ2v) is 4.14. The average Bonchev–Trinajstić information content (AvgIpc) is 2.21. The fraction of sp³-hybridized carbons (Fsp3) is 0.429. The fourth-order valence-electron chi connectivity index (χ4n) is 1.62. The van der Waals surface area contributed by atoms with Gasteiger partial charge in [-0.25, -0.2) is 0 Å². The zero-order chi connectivity index (χ0) is 11.3. The monoisotopic (exact) mass is 203 g/mol. The molecule has 0 aliphatic carbocycles. The molecule has 0 saturated heterocycles. The van der Waals surface area contributed by atoms with E-state index >= 15 is 0 Å². The summed E-state index contributed by atoms with van der Waals surface area (Å²) in [5, 5.41) is 3.51. The number of aryl methyl sites for hydroxylation is 1. The topological polar surface area (TPSA) is 12.0 Å². The molecule has 1 rings (SSSR count). The highest BCUT2D eigenvalue weighted by Gasteiger charge is 2.10. The van der Waals surface area contributed by atoms with E-state index in [4.69, 9.17) is 0 Å². The molecule has 0 bridgehead atoms. The molecule has 0 aromatic heterocycles. The molecule has 0 aliphatic heterocycles. The van der Waals surface area contributed by atoms with Gasteiger partial charge in [-0.3, -0.25) is 0 Å². The summed E-state index contributed by atoms with van der Waals surface area (Å²) >= 11 is 0. The van der Waals surface area contributed by atoms with Gasteiger partial charge < -0.3 is 5.32 Å². The molecule has 1 nitrogen and oxygen atoms in total. The van der Waals surface area contributed by atoms with Gasteiger partial charge in [-0.2, -0.15) is 0 Å². The average molecular weight is 203 g/mol. The Balaban J connectivity index is 2.79. The van der Waals surface area contributed by atoms with Crippen LogP contribution in [0.2, 0.25) is 0 Å². The highest BCUT2D eigenvalue weighted by Crippen LogP contribution is 2.20. The smallest absolute Gasteiger partial charge is 0.0530 e. The first-order valence-corrected chi connectivity index (χ1v) is 5.60. The SMILES string of the molecule is C=C(C)C(NCCC)c1ccc(C)cc1. The lowest BCUT2D eigenvalue weighted by molar-refractivity contribution is 0.591. The standard InChI is InChI=1S/C14H21N/c1-5-10-15-14(11(2)3)13-8-6-12(4)7-9-13/h6-9,14-15H,2,5,10H2,1,3-4H3. The second-order valence-electron chi connectivity index (χ2n) is 4.14. The Bertz CT molecular complexity index is 311. The number of hydrogen-bond acceptors (Lipinski definition) is 1. The molecule has 15 heavy (non-hydrogen) atoms. The van der Waals surface area contributed by atoms with Crippen molar-refractivity contribution in [3.05, 3.63) is 47.5 Å². The summed E-state index contributed by atoms with van der Waals surface area (Å²) in [7, 11) is 0. The lowest BCUT2D eigenvalue weighted by Gasteiger charge is -2.19. The Morgan fingerprint density at radius 2 is 1.93 bits per heavy atom. The van der Waals surface area contributed by atoms with Gasteiger partial charge in [0.2, 0.25) is 0 Å². The van der Waals surface area contributed by atoms with Gasteiger partial charge in [0.15, 0.2) is 0 Å². The summed E-state index contributed by atoms with van der Waals surface area (Å²) in [5.74, 6) is 0. The van der Waals surface area contributed by atoms with Crippen LogP contribution in [0.3, 0.4) is 0 Å². The van der Waals surface area contributed by atoms with Crippen LogP contribution in [-0.4, -0.2) is 6.54 Å². The lowest BCUT2D eigenvalue weighted by atomic mass is 10.00. The Kier molecular flexibility index (Phi) is 4.57. The first kappa shape index (κ1) is 12.0. The predicted molar refractivity (Wildman–Crippen MR) is 67.0 cm³/mol. The van der Waals surface area contributed by atoms with Crippen LogP contribution in [0.4, 0.5) is 0 Å². The van der Waals surface area contributed by atoms with Gasteiger partial charge in [0.1, 0.15) is 0 Å². The van der Waals surface area contributed by atoms with Gasteiger partial charge >= 0.3 is 0 Å². The number of nitrogens with one attached hydrogen (secondary N) is 1. The molecule has 1 heteroatoms. The lowest BCUT2D eigenvalue weighted by Crippen LogP contribution is -2.22. The summed E-state index contributed by atoms with van der Waals surface area (Å²) in [6.07, 6.45) is 1.15. The van der Waals surface area contributed by atoms with Gasteiger partial charge in [0, 0.05) is 0 Å². The van der Waals surface area contributed by atoms with Crippen molar-refractivity contribution in [2.75, 3.05) is 6.54 Å². The first-order chi connectivity index (χ1) is 7.15. The van der Waals surface area contributed by atoms with Gasteiger partial charge in [-0.15, -0.1) is 0 Å². The largest absolute Gasteiger partial charge is 0.307 e. The number of hydrogen-bond donors (Lipinski definition) is 1. The highest BCUT2D eigenvalue weighted by atomic mass is 14.9. The maximum atomic E-state index is 4.04. The number of rotatable bonds is 5. The van der Waals surface area contributed by atoms with E-state index in [1.54, 1.807) is 0 Å². The zero-order valence-electron chi connectivity index (χ0n) is 10.0. The van der Waals surface area contributed by atoms with E-state index < -0.39 is 0 Å². The zero-order valence-corrected chi connectivity index (χ0v) is 10.0. The third-order valence-electron chi connectivity index (χ3n) is 2.50. The Hall–Kier alpha value is -1.08. The molecule has 1 N–H and O–H groups in total. The third-order valence-corrected chi connectivity index (χ3v) is 2.50. The second kappa shape index (κ2) is 5.72. The molecule has 1 unspecified atom stereocenters. The van der Waals surface area contributed by atoms with Gasteiger partial charge in [-0.05, 0) is 32.4 Å². The molecule has 0 saturated carbocycles. The summed E-state index contributed by atoms with van der Waals surface area (Å²) in [4.78, 5) is 0. The number of benzene rings is 1. The molecule has 1 atom stereocenters. The van der Waals surface area contributed by atoms with Gasteiger partial charge in [0.05, 0.1) is 6.04 Å². The van der Waals surface area contributed by atoms with Crippen molar-refractivity contribution in [2.24, 2.45) is 0 Å². The van der Waals surface area contributed by atoms with Crippen LogP contribution in [0.5, 0.6) is 0 Å². The first-order valence-electron chi connectivity index (χ1n) is 5.60. The van der Waals surface area contributed by atoms with E-state index in [-0.39, 0.29) is 0 Å². The van der Waals surface area contributed by atoms with Crippen LogP contribution in [0.1, 0.15) is 37.4 Å². The predicted octanol–water partition coefficient (Wildman–Crippen LogP) is 3.61. The van der Waals surface area contributed by atoms with E-state index in [0.717, 1.165) is 13.0 Å². The Morgan fingerprint density at radius 3 is 2.40 bits per heavy atom. The molecular weight excluding hydrogens is 182 g/mol. The minimum Gasteiger partial charge on any atom is -0.307 e. The van der Waals surface area contributed by atoms with Crippen molar-refractivity contribution in [1.29, 1.82) is 0 Å². The van der Waals surface area contributed by atoms with Crippen LogP contribution in [0.15, 0.2) is 36.4 Å². The van der Waals surface area contributed by atoms with E-state index in [1.165, 1.54) is 16.7 Å². The van der Waals surface area contributed by atoms with Crippen LogP contribution in [0, 0.1) is 6.92 Å². The minimum absolute atomic E-state index is 0.297. The van der Waals surface area contributed by atoms with Crippen LogP contribution in [-0.2, 0) is 0 Å². The molecule has 0 radical (unpaired) electrons. The molecule has 82 valence electrons. The van der Waals surface area contributed by atoms with E-state index in [9.17, 15) is 0 Å². The van der Waals surface area contributed by atoms with E-state index in [0.29, 0.717) is 6.04 Å². The van der Waals surface area contributed by atoms with Crippen molar-refractivity contribution in [3.63, 3.8) is 0 Å². The molecule has 0 aliphatic rings.